The molecule has 2 rings (SSSR count). The molecule has 1 N–H and O–H groups in total. The number of benzene rings is 1. The fourth-order valence-electron chi connectivity index (χ4n) is 2.87. The Morgan fingerprint density at radius 1 is 1.30 bits per heavy atom. The van der Waals surface area contributed by atoms with Crippen molar-refractivity contribution in [1.29, 1.82) is 0 Å². The Morgan fingerprint density at radius 2 is 1.95 bits per heavy atom. The van der Waals surface area contributed by atoms with Crippen molar-refractivity contribution in [2.24, 2.45) is 5.92 Å². The molecular weight excluding hydrogens is 250 g/mol. The van der Waals surface area contributed by atoms with Gasteiger partial charge in [-0.15, -0.1) is 0 Å². The van der Waals surface area contributed by atoms with Gasteiger partial charge in [-0.2, -0.15) is 0 Å². The lowest BCUT2D eigenvalue weighted by atomic mass is 9.84. The fraction of sp³-hybridized carbons (Fsp3) is 0.647. The van der Waals surface area contributed by atoms with Gasteiger partial charge in [0.1, 0.15) is 5.75 Å². The second-order valence-electron chi connectivity index (χ2n) is 5.84. The van der Waals surface area contributed by atoms with Crippen LogP contribution in [0.3, 0.4) is 0 Å². The number of nitrogens with zero attached hydrogens (tertiary/aromatic N) is 1. The van der Waals surface area contributed by atoms with Gasteiger partial charge in [0.05, 0.1) is 13.2 Å². The third kappa shape index (κ3) is 3.53. The summed E-state index contributed by atoms with van der Waals surface area (Å²) in [6, 6.07) is 7.88. The van der Waals surface area contributed by atoms with Crippen LogP contribution >= 0.6 is 0 Å². The van der Waals surface area contributed by atoms with E-state index in [9.17, 15) is 5.11 Å². The average molecular weight is 277 g/mol. The molecule has 0 aromatic heterocycles. The highest BCUT2D eigenvalue weighted by Crippen LogP contribution is 2.30. The van der Waals surface area contributed by atoms with Crippen LogP contribution in [0.4, 0.5) is 0 Å². The summed E-state index contributed by atoms with van der Waals surface area (Å²) < 4.78 is 5.16. The Labute approximate surface area is 122 Å². The summed E-state index contributed by atoms with van der Waals surface area (Å²) in [7, 11) is 1.66. The van der Waals surface area contributed by atoms with E-state index in [1.807, 2.05) is 24.3 Å². The van der Waals surface area contributed by atoms with Crippen LogP contribution in [0.2, 0.25) is 0 Å². The molecule has 112 valence electrons. The van der Waals surface area contributed by atoms with Crippen molar-refractivity contribution in [2.75, 3.05) is 20.2 Å². The van der Waals surface area contributed by atoms with E-state index in [0.717, 1.165) is 30.3 Å². The van der Waals surface area contributed by atoms with Crippen molar-refractivity contribution in [3.8, 4) is 5.75 Å². The number of aliphatic hydroxyl groups is 1. The zero-order valence-corrected chi connectivity index (χ0v) is 12.9. The maximum absolute atomic E-state index is 10.6. The number of hydrogen-bond acceptors (Lipinski definition) is 3. The topological polar surface area (TPSA) is 32.7 Å². The molecule has 0 aliphatic heterocycles. The number of likely N-dealkylation sites (N-methyl/N-ethyl adjacent to an activating group) is 1. The Balaban J connectivity index is 1.98. The number of rotatable bonds is 7. The van der Waals surface area contributed by atoms with Crippen molar-refractivity contribution in [2.45, 2.75) is 45.3 Å². The maximum atomic E-state index is 10.6. The van der Waals surface area contributed by atoms with Crippen LogP contribution in [0, 0.1) is 5.92 Å². The summed E-state index contributed by atoms with van der Waals surface area (Å²) in [6.45, 7) is 6.41. The molecule has 2 atom stereocenters. The molecule has 1 saturated carbocycles. The second-order valence-corrected chi connectivity index (χ2v) is 5.84. The largest absolute Gasteiger partial charge is 0.497 e. The Kier molecular flexibility index (Phi) is 5.44. The molecule has 0 radical (unpaired) electrons. The van der Waals surface area contributed by atoms with Gasteiger partial charge in [-0.25, -0.2) is 0 Å². The van der Waals surface area contributed by atoms with Gasteiger partial charge in [0.2, 0.25) is 0 Å². The smallest absolute Gasteiger partial charge is 0.118 e. The van der Waals surface area contributed by atoms with Crippen molar-refractivity contribution in [1.82, 2.24) is 4.90 Å². The molecule has 0 heterocycles. The van der Waals surface area contributed by atoms with Gasteiger partial charge >= 0.3 is 0 Å². The molecule has 2 unspecified atom stereocenters. The molecule has 0 saturated heterocycles. The van der Waals surface area contributed by atoms with Gasteiger partial charge in [0.25, 0.3) is 0 Å². The maximum Gasteiger partial charge on any atom is 0.118 e. The fourth-order valence-corrected chi connectivity index (χ4v) is 2.87. The van der Waals surface area contributed by atoms with Crippen LogP contribution in [0.1, 0.15) is 44.8 Å². The molecule has 1 fully saturated rings. The summed E-state index contributed by atoms with van der Waals surface area (Å²) in [5.74, 6) is 1.66. The highest BCUT2D eigenvalue weighted by atomic mass is 16.5. The predicted octanol–water partition coefficient (Wildman–Crippen LogP) is 3.24. The zero-order valence-electron chi connectivity index (χ0n) is 12.9. The van der Waals surface area contributed by atoms with Crippen LogP contribution in [-0.2, 0) is 0 Å². The first kappa shape index (κ1) is 15.3. The van der Waals surface area contributed by atoms with Crippen molar-refractivity contribution >= 4 is 0 Å². The predicted molar refractivity (Wildman–Crippen MR) is 82.0 cm³/mol. The minimum absolute atomic E-state index is 0.147. The molecule has 3 heteroatoms. The minimum Gasteiger partial charge on any atom is -0.497 e. The Morgan fingerprint density at radius 3 is 2.40 bits per heavy atom. The first-order chi connectivity index (χ1) is 9.65. The molecule has 3 nitrogen and oxygen atoms in total. The van der Waals surface area contributed by atoms with Gasteiger partial charge in [-0.3, -0.25) is 4.90 Å². The van der Waals surface area contributed by atoms with Crippen LogP contribution in [-0.4, -0.2) is 36.2 Å². The minimum atomic E-state index is -0.444. The van der Waals surface area contributed by atoms with Crippen molar-refractivity contribution < 1.29 is 9.84 Å². The number of methoxy groups -OCH3 is 1. The Hall–Kier alpha value is -1.06. The van der Waals surface area contributed by atoms with Crippen LogP contribution in [0.5, 0.6) is 5.75 Å². The molecule has 1 aromatic rings. The summed E-state index contributed by atoms with van der Waals surface area (Å²) >= 11 is 0. The first-order valence-corrected chi connectivity index (χ1v) is 7.71. The Bertz CT molecular complexity index is 400. The van der Waals surface area contributed by atoms with Gasteiger partial charge in [-0.05, 0) is 49.9 Å². The lowest BCUT2D eigenvalue weighted by Crippen LogP contribution is -2.41. The lowest BCUT2D eigenvalue weighted by molar-refractivity contribution is 0.0428. The van der Waals surface area contributed by atoms with E-state index in [1.54, 1.807) is 7.11 Å². The number of aliphatic hydroxyl groups excluding tert-OH is 1. The molecule has 1 aliphatic rings. The lowest BCUT2D eigenvalue weighted by Gasteiger charge is -2.37. The third-order valence-corrected chi connectivity index (χ3v) is 4.61. The summed E-state index contributed by atoms with van der Waals surface area (Å²) in [5.41, 5.74) is 0.963. The average Bonchev–Trinajstić information content (AvgIpc) is 2.45. The van der Waals surface area contributed by atoms with Crippen molar-refractivity contribution in [3.63, 3.8) is 0 Å². The van der Waals surface area contributed by atoms with Gasteiger partial charge < -0.3 is 9.84 Å². The van der Waals surface area contributed by atoms with E-state index in [0.29, 0.717) is 0 Å². The van der Waals surface area contributed by atoms with E-state index in [1.165, 1.54) is 19.3 Å². The molecule has 0 amide bonds. The summed E-state index contributed by atoms with van der Waals surface area (Å²) in [5, 5.41) is 10.6. The van der Waals surface area contributed by atoms with E-state index >= 15 is 0 Å². The molecule has 1 aliphatic carbocycles. The van der Waals surface area contributed by atoms with Crippen LogP contribution in [0.25, 0.3) is 0 Å². The quantitative estimate of drug-likeness (QED) is 0.830. The molecule has 20 heavy (non-hydrogen) atoms. The number of ether oxygens (including phenoxy) is 1. The molecule has 1 aromatic carbocycles. The van der Waals surface area contributed by atoms with Crippen LogP contribution in [0.15, 0.2) is 24.3 Å². The van der Waals surface area contributed by atoms with Gasteiger partial charge in [-0.1, -0.05) is 25.5 Å². The standard InChI is InChI=1S/C17H27NO2/c1-4-18(12-14-6-5-7-14)13(2)17(19)15-8-10-16(20-3)11-9-15/h8-11,13-14,17,19H,4-7,12H2,1-3H3. The summed E-state index contributed by atoms with van der Waals surface area (Å²) in [6.07, 6.45) is 3.63. The highest BCUT2D eigenvalue weighted by molar-refractivity contribution is 5.29. The van der Waals surface area contributed by atoms with Crippen LogP contribution < -0.4 is 4.74 Å². The highest BCUT2D eigenvalue weighted by Gasteiger charge is 2.26. The third-order valence-electron chi connectivity index (χ3n) is 4.61. The van der Waals surface area contributed by atoms with E-state index in [-0.39, 0.29) is 6.04 Å². The van der Waals surface area contributed by atoms with E-state index in [2.05, 4.69) is 18.7 Å². The monoisotopic (exact) mass is 277 g/mol. The molecule has 0 spiro atoms. The SMILES string of the molecule is CCN(CC1CCC1)C(C)C(O)c1ccc(OC)cc1. The molecule has 0 bridgehead atoms. The first-order valence-electron chi connectivity index (χ1n) is 7.71. The van der Waals surface area contributed by atoms with E-state index < -0.39 is 6.10 Å². The van der Waals surface area contributed by atoms with Gasteiger partial charge in [0.15, 0.2) is 0 Å². The number of hydrogen-bond donors (Lipinski definition) is 1. The second kappa shape index (κ2) is 7.09. The molecular formula is C17H27NO2. The summed E-state index contributed by atoms with van der Waals surface area (Å²) in [4.78, 5) is 2.40. The zero-order chi connectivity index (χ0) is 14.5. The van der Waals surface area contributed by atoms with Gasteiger partial charge in [0, 0.05) is 12.6 Å². The normalized spacial score (nSPS) is 18.6. The van der Waals surface area contributed by atoms with E-state index in [4.69, 9.17) is 4.74 Å². The van der Waals surface area contributed by atoms with Crippen molar-refractivity contribution in [3.05, 3.63) is 29.8 Å².